The number of non-ortho nitro benzene ring substituents is 1. The molecule has 0 fully saturated rings. The molecule has 1 aromatic rings. The van der Waals surface area contributed by atoms with Crippen LogP contribution in [0.15, 0.2) is 24.3 Å². The van der Waals surface area contributed by atoms with Crippen molar-refractivity contribution in [2.45, 2.75) is 33.1 Å². The van der Waals surface area contributed by atoms with Crippen LogP contribution in [0.2, 0.25) is 0 Å². The van der Waals surface area contributed by atoms with Crippen molar-refractivity contribution in [3.05, 3.63) is 39.9 Å². The first-order valence-electron chi connectivity index (χ1n) is 5.33. The van der Waals surface area contributed by atoms with Crippen LogP contribution in [-0.2, 0) is 6.42 Å². The molecule has 0 heterocycles. The predicted molar refractivity (Wildman–Crippen MR) is 60.9 cm³/mol. The maximum absolute atomic E-state index is 10.4. The number of aryl methyl sites for hydroxylation is 1. The molecule has 3 heteroatoms. The molecule has 0 N–H and O–H groups in total. The average molecular weight is 207 g/mol. The van der Waals surface area contributed by atoms with Crippen molar-refractivity contribution in [3.63, 3.8) is 0 Å². The van der Waals surface area contributed by atoms with Crippen LogP contribution >= 0.6 is 0 Å². The van der Waals surface area contributed by atoms with Gasteiger partial charge in [-0.2, -0.15) is 0 Å². The van der Waals surface area contributed by atoms with Crippen LogP contribution in [0.4, 0.5) is 5.69 Å². The second kappa shape index (κ2) is 5.49. The molecule has 0 spiro atoms. The van der Waals surface area contributed by atoms with Crippen LogP contribution in [0, 0.1) is 16.0 Å². The molecule has 0 aromatic heterocycles. The fraction of sp³-hybridized carbons (Fsp3) is 0.500. The molecule has 0 amide bonds. The number of hydrogen-bond acceptors (Lipinski definition) is 2. The Morgan fingerprint density at radius 1 is 1.27 bits per heavy atom. The molecule has 0 aliphatic rings. The summed E-state index contributed by atoms with van der Waals surface area (Å²) in [6.45, 7) is 4.41. The zero-order valence-electron chi connectivity index (χ0n) is 9.27. The maximum Gasteiger partial charge on any atom is 0.269 e. The lowest BCUT2D eigenvalue weighted by Gasteiger charge is -2.04. The van der Waals surface area contributed by atoms with Crippen LogP contribution in [0.5, 0.6) is 0 Å². The van der Waals surface area contributed by atoms with Crippen molar-refractivity contribution in [2.75, 3.05) is 0 Å². The smallest absolute Gasteiger partial charge is 0.258 e. The van der Waals surface area contributed by atoms with Crippen LogP contribution in [0.3, 0.4) is 0 Å². The molecule has 1 aromatic carbocycles. The van der Waals surface area contributed by atoms with Gasteiger partial charge in [0.15, 0.2) is 0 Å². The summed E-state index contributed by atoms with van der Waals surface area (Å²) in [5.74, 6) is 0.725. The predicted octanol–water partition coefficient (Wildman–Crippen LogP) is 3.57. The summed E-state index contributed by atoms with van der Waals surface area (Å²) >= 11 is 0. The van der Waals surface area contributed by atoms with Crippen molar-refractivity contribution in [1.29, 1.82) is 0 Å². The van der Waals surface area contributed by atoms with Gasteiger partial charge in [-0.25, -0.2) is 0 Å². The number of benzene rings is 1. The van der Waals surface area contributed by atoms with E-state index < -0.39 is 0 Å². The topological polar surface area (TPSA) is 43.1 Å². The molecule has 0 bridgehead atoms. The minimum Gasteiger partial charge on any atom is -0.258 e. The van der Waals surface area contributed by atoms with Gasteiger partial charge in [0, 0.05) is 12.1 Å². The van der Waals surface area contributed by atoms with Crippen molar-refractivity contribution in [2.24, 2.45) is 5.92 Å². The van der Waals surface area contributed by atoms with E-state index in [1.54, 1.807) is 12.1 Å². The van der Waals surface area contributed by atoms with Gasteiger partial charge in [-0.1, -0.05) is 32.4 Å². The molecule has 0 radical (unpaired) electrons. The highest BCUT2D eigenvalue weighted by Crippen LogP contribution is 2.14. The third kappa shape index (κ3) is 4.11. The van der Waals surface area contributed by atoms with E-state index in [1.165, 1.54) is 12.0 Å². The summed E-state index contributed by atoms with van der Waals surface area (Å²) in [6, 6.07) is 6.84. The van der Waals surface area contributed by atoms with Crippen molar-refractivity contribution < 1.29 is 4.92 Å². The second-order valence-corrected chi connectivity index (χ2v) is 4.21. The van der Waals surface area contributed by atoms with Crippen molar-refractivity contribution >= 4 is 5.69 Å². The normalized spacial score (nSPS) is 10.6. The SMILES string of the molecule is CC(C)CCCc1ccc([N+](=O)[O-])cc1. The van der Waals surface area contributed by atoms with Gasteiger partial charge in [-0.05, 0) is 24.3 Å². The Bertz CT molecular complexity index is 317. The van der Waals surface area contributed by atoms with E-state index in [-0.39, 0.29) is 10.6 Å². The molecule has 0 unspecified atom stereocenters. The van der Waals surface area contributed by atoms with Gasteiger partial charge in [-0.3, -0.25) is 10.1 Å². The number of rotatable bonds is 5. The van der Waals surface area contributed by atoms with Gasteiger partial charge in [-0.15, -0.1) is 0 Å². The Kier molecular flexibility index (Phi) is 4.28. The largest absolute Gasteiger partial charge is 0.269 e. The third-order valence-electron chi connectivity index (χ3n) is 2.39. The highest BCUT2D eigenvalue weighted by atomic mass is 16.6. The standard InChI is InChI=1S/C12H17NO2/c1-10(2)4-3-5-11-6-8-12(9-7-11)13(14)15/h6-10H,3-5H2,1-2H3. The van der Waals surface area contributed by atoms with Gasteiger partial charge in [0.2, 0.25) is 0 Å². The number of hydrogen-bond donors (Lipinski definition) is 0. The van der Waals surface area contributed by atoms with Crippen LogP contribution < -0.4 is 0 Å². The molecular weight excluding hydrogens is 190 g/mol. The molecule has 3 nitrogen and oxygen atoms in total. The number of nitro groups is 1. The van der Waals surface area contributed by atoms with Crippen LogP contribution in [0.25, 0.3) is 0 Å². The van der Waals surface area contributed by atoms with Gasteiger partial charge < -0.3 is 0 Å². The summed E-state index contributed by atoms with van der Waals surface area (Å²) in [4.78, 5) is 10.1. The van der Waals surface area contributed by atoms with E-state index in [2.05, 4.69) is 13.8 Å². The highest BCUT2D eigenvalue weighted by Gasteiger charge is 2.03. The fourth-order valence-electron chi connectivity index (χ4n) is 1.50. The lowest BCUT2D eigenvalue weighted by Crippen LogP contribution is -1.92. The minimum absolute atomic E-state index is 0.169. The number of nitrogens with zero attached hydrogens (tertiary/aromatic N) is 1. The molecule has 1 rings (SSSR count). The molecule has 0 aliphatic carbocycles. The van der Waals surface area contributed by atoms with E-state index in [9.17, 15) is 10.1 Å². The van der Waals surface area contributed by atoms with Gasteiger partial charge in [0.1, 0.15) is 0 Å². The van der Waals surface area contributed by atoms with E-state index in [0.29, 0.717) is 0 Å². The van der Waals surface area contributed by atoms with Gasteiger partial charge in [0.05, 0.1) is 4.92 Å². The molecular formula is C12H17NO2. The van der Waals surface area contributed by atoms with Crippen LogP contribution in [-0.4, -0.2) is 4.92 Å². The molecule has 0 atom stereocenters. The Labute approximate surface area is 90.3 Å². The molecule has 0 saturated heterocycles. The maximum atomic E-state index is 10.4. The summed E-state index contributed by atoms with van der Waals surface area (Å²) in [7, 11) is 0. The first-order valence-corrected chi connectivity index (χ1v) is 5.33. The monoisotopic (exact) mass is 207 g/mol. The van der Waals surface area contributed by atoms with Crippen molar-refractivity contribution in [1.82, 2.24) is 0 Å². The Morgan fingerprint density at radius 3 is 2.33 bits per heavy atom. The summed E-state index contributed by atoms with van der Waals surface area (Å²) in [5.41, 5.74) is 1.35. The minimum atomic E-state index is -0.363. The Morgan fingerprint density at radius 2 is 1.87 bits per heavy atom. The van der Waals surface area contributed by atoms with E-state index in [0.717, 1.165) is 18.8 Å². The summed E-state index contributed by atoms with van der Waals surface area (Å²) < 4.78 is 0. The first kappa shape index (κ1) is 11.7. The van der Waals surface area contributed by atoms with Gasteiger partial charge in [0.25, 0.3) is 5.69 Å². The van der Waals surface area contributed by atoms with Crippen LogP contribution in [0.1, 0.15) is 32.3 Å². The van der Waals surface area contributed by atoms with E-state index in [4.69, 9.17) is 0 Å². The Hall–Kier alpha value is -1.38. The summed E-state index contributed by atoms with van der Waals surface area (Å²) in [5, 5.41) is 10.4. The lowest BCUT2D eigenvalue weighted by atomic mass is 10.0. The lowest BCUT2D eigenvalue weighted by molar-refractivity contribution is -0.384. The molecule has 82 valence electrons. The summed E-state index contributed by atoms with van der Waals surface area (Å²) in [6.07, 6.45) is 3.36. The fourth-order valence-corrected chi connectivity index (χ4v) is 1.50. The first-order chi connectivity index (χ1) is 7.09. The quantitative estimate of drug-likeness (QED) is 0.547. The average Bonchev–Trinajstić information content (AvgIpc) is 2.18. The zero-order chi connectivity index (χ0) is 11.3. The highest BCUT2D eigenvalue weighted by molar-refractivity contribution is 5.32. The second-order valence-electron chi connectivity index (χ2n) is 4.21. The number of nitro benzene ring substituents is 1. The zero-order valence-corrected chi connectivity index (χ0v) is 9.27. The molecule has 0 saturated carbocycles. The Balaban J connectivity index is 2.46. The van der Waals surface area contributed by atoms with Crippen molar-refractivity contribution in [3.8, 4) is 0 Å². The van der Waals surface area contributed by atoms with Gasteiger partial charge >= 0.3 is 0 Å². The van der Waals surface area contributed by atoms with E-state index >= 15 is 0 Å². The molecule has 0 aliphatic heterocycles. The molecule has 15 heavy (non-hydrogen) atoms. The third-order valence-corrected chi connectivity index (χ3v) is 2.39. The van der Waals surface area contributed by atoms with E-state index in [1.807, 2.05) is 12.1 Å².